The molecule has 0 saturated heterocycles. The van der Waals surface area contributed by atoms with E-state index in [1.54, 1.807) is 6.34 Å². The quantitative estimate of drug-likeness (QED) is 0.725. The molecule has 1 aliphatic heterocycles. The third kappa shape index (κ3) is 3.70. The minimum absolute atomic E-state index is 0.0499. The van der Waals surface area contributed by atoms with Crippen molar-refractivity contribution in [1.29, 1.82) is 0 Å². The molecule has 0 bridgehead atoms. The zero-order valence-electron chi connectivity index (χ0n) is 17.0. The van der Waals surface area contributed by atoms with E-state index in [2.05, 4.69) is 33.5 Å². The second-order valence-corrected chi connectivity index (χ2v) is 8.72. The van der Waals surface area contributed by atoms with Crippen molar-refractivity contribution >= 4 is 28.8 Å². The van der Waals surface area contributed by atoms with Crippen LogP contribution in [0.2, 0.25) is 0 Å². The molecule has 1 aromatic heterocycles. The summed E-state index contributed by atoms with van der Waals surface area (Å²) in [5.74, 6) is 0.0499. The van der Waals surface area contributed by atoms with Crippen molar-refractivity contribution in [3.8, 4) is 0 Å². The Hall–Kier alpha value is -2.56. The average Bonchev–Trinajstić information content (AvgIpc) is 3.37. The van der Waals surface area contributed by atoms with Crippen molar-refractivity contribution in [3.63, 3.8) is 0 Å². The Morgan fingerprint density at radius 2 is 1.72 bits per heavy atom. The maximum atomic E-state index is 13.4. The predicted octanol–water partition coefficient (Wildman–Crippen LogP) is 4.96. The van der Waals surface area contributed by atoms with Gasteiger partial charge in [-0.2, -0.15) is 0 Å². The summed E-state index contributed by atoms with van der Waals surface area (Å²) in [6.45, 7) is 0. The third-order valence-electron chi connectivity index (χ3n) is 6.71. The molecule has 2 fully saturated rings. The Balaban J connectivity index is 1.50. The predicted molar refractivity (Wildman–Crippen MR) is 117 cm³/mol. The van der Waals surface area contributed by atoms with Crippen LogP contribution in [-0.4, -0.2) is 34.2 Å². The van der Waals surface area contributed by atoms with Crippen molar-refractivity contribution in [3.05, 3.63) is 41.7 Å². The van der Waals surface area contributed by atoms with Crippen LogP contribution in [0.15, 0.2) is 41.0 Å². The van der Waals surface area contributed by atoms with Gasteiger partial charge in [0, 0.05) is 23.0 Å². The maximum Gasteiger partial charge on any atom is 0.280 e. The molecule has 1 aromatic carbocycles. The standard InChI is InChI=1S/C24H30N4O/c29-24-23(25-16-28(24)19-12-5-2-6-13-19)22(26-18-10-3-1-4-11-18)21-15-17-9-7-8-14-20(17)27-21/h7-9,14-16,18-19,26-27H,1-6,10-13H2/b23-22+. The molecule has 5 heteroatoms. The van der Waals surface area contributed by atoms with Gasteiger partial charge < -0.3 is 10.3 Å². The van der Waals surface area contributed by atoms with E-state index < -0.39 is 0 Å². The molecule has 29 heavy (non-hydrogen) atoms. The van der Waals surface area contributed by atoms with Crippen molar-refractivity contribution < 1.29 is 4.79 Å². The first-order valence-corrected chi connectivity index (χ1v) is 11.3. The number of aliphatic imine (C=N–C) groups is 1. The van der Waals surface area contributed by atoms with Gasteiger partial charge in [0.2, 0.25) is 0 Å². The second-order valence-electron chi connectivity index (χ2n) is 8.72. The number of aromatic amines is 1. The topological polar surface area (TPSA) is 60.5 Å². The summed E-state index contributed by atoms with van der Waals surface area (Å²) in [5, 5.41) is 4.87. The lowest BCUT2D eigenvalue weighted by Gasteiger charge is -2.29. The Morgan fingerprint density at radius 3 is 2.48 bits per heavy atom. The summed E-state index contributed by atoms with van der Waals surface area (Å²) >= 11 is 0. The molecule has 5 nitrogen and oxygen atoms in total. The van der Waals surface area contributed by atoms with Gasteiger partial charge in [0.1, 0.15) is 0 Å². The average molecular weight is 391 g/mol. The molecular formula is C24H30N4O. The van der Waals surface area contributed by atoms with E-state index in [1.165, 1.54) is 38.5 Å². The van der Waals surface area contributed by atoms with Gasteiger partial charge in [-0.1, -0.05) is 56.7 Å². The lowest BCUT2D eigenvalue weighted by molar-refractivity contribution is -0.124. The fourth-order valence-electron chi connectivity index (χ4n) is 5.07. The number of nitrogens with one attached hydrogen (secondary N) is 2. The zero-order valence-corrected chi connectivity index (χ0v) is 17.0. The number of carbonyl (C=O) groups is 1. The number of amides is 1. The lowest BCUT2D eigenvalue weighted by Crippen LogP contribution is -2.38. The van der Waals surface area contributed by atoms with Crippen LogP contribution in [0.5, 0.6) is 0 Å². The first kappa shape index (κ1) is 18.5. The van der Waals surface area contributed by atoms with Crippen LogP contribution in [0.4, 0.5) is 0 Å². The number of hydrogen-bond acceptors (Lipinski definition) is 3. The Labute approximate surface area is 172 Å². The van der Waals surface area contributed by atoms with Gasteiger partial charge in [0.15, 0.2) is 5.70 Å². The van der Waals surface area contributed by atoms with Crippen molar-refractivity contribution in [2.75, 3.05) is 0 Å². The van der Waals surface area contributed by atoms with Crippen LogP contribution in [-0.2, 0) is 4.79 Å². The van der Waals surface area contributed by atoms with Crippen LogP contribution >= 0.6 is 0 Å². The minimum atomic E-state index is 0.0499. The van der Waals surface area contributed by atoms with Crippen LogP contribution in [0.25, 0.3) is 16.6 Å². The van der Waals surface area contributed by atoms with E-state index >= 15 is 0 Å². The largest absolute Gasteiger partial charge is 0.379 e. The van der Waals surface area contributed by atoms with Gasteiger partial charge in [-0.05, 0) is 37.8 Å². The number of rotatable bonds is 4. The number of carbonyl (C=O) groups excluding carboxylic acids is 1. The van der Waals surface area contributed by atoms with Crippen molar-refractivity contribution in [2.45, 2.75) is 76.3 Å². The highest BCUT2D eigenvalue weighted by Crippen LogP contribution is 2.30. The van der Waals surface area contributed by atoms with Gasteiger partial charge in [-0.15, -0.1) is 0 Å². The third-order valence-corrected chi connectivity index (χ3v) is 6.71. The van der Waals surface area contributed by atoms with Crippen LogP contribution < -0.4 is 5.32 Å². The summed E-state index contributed by atoms with van der Waals surface area (Å²) in [6.07, 6.45) is 13.8. The number of para-hydroxylation sites is 1. The first-order valence-electron chi connectivity index (χ1n) is 11.3. The van der Waals surface area contributed by atoms with E-state index in [4.69, 9.17) is 0 Å². The molecule has 0 spiro atoms. The molecule has 2 aromatic rings. The normalized spacial score (nSPS) is 23.2. The first-order chi connectivity index (χ1) is 14.3. The number of aromatic nitrogens is 1. The summed E-state index contributed by atoms with van der Waals surface area (Å²) < 4.78 is 0. The minimum Gasteiger partial charge on any atom is -0.379 e. The Morgan fingerprint density at radius 1 is 1.00 bits per heavy atom. The molecule has 5 rings (SSSR count). The van der Waals surface area contributed by atoms with E-state index in [-0.39, 0.29) is 5.91 Å². The second kappa shape index (κ2) is 8.05. The van der Waals surface area contributed by atoms with Crippen LogP contribution in [0.3, 0.4) is 0 Å². The van der Waals surface area contributed by atoms with E-state index in [1.807, 2.05) is 17.0 Å². The molecule has 0 atom stereocenters. The highest BCUT2D eigenvalue weighted by atomic mass is 16.2. The summed E-state index contributed by atoms with van der Waals surface area (Å²) in [7, 11) is 0. The maximum absolute atomic E-state index is 13.4. The van der Waals surface area contributed by atoms with Gasteiger partial charge >= 0.3 is 0 Å². The fourth-order valence-corrected chi connectivity index (χ4v) is 5.07. The molecule has 3 aliphatic rings. The molecule has 1 amide bonds. The monoisotopic (exact) mass is 390 g/mol. The molecule has 152 valence electrons. The van der Waals surface area contributed by atoms with Crippen molar-refractivity contribution in [2.24, 2.45) is 4.99 Å². The SMILES string of the molecule is O=C1/C(=C(\NC2CCCCC2)c2cc3ccccc3[nH]2)N=CN1C1CCCCC1. The smallest absolute Gasteiger partial charge is 0.280 e. The van der Waals surface area contributed by atoms with Crippen molar-refractivity contribution in [1.82, 2.24) is 15.2 Å². The van der Waals surface area contributed by atoms with Gasteiger partial charge in [-0.3, -0.25) is 9.69 Å². The number of nitrogens with zero attached hydrogens (tertiary/aromatic N) is 2. The summed E-state index contributed by atoms with van der Waals surface area (Å²) in [5.41, 5.74) is 3.48. The Bertz CT molecular complexity index is 912. The molecular weight excluding hydrogens is 360 g/mol. The fraction of sp³-hybridized carbons (Fsp3) is 0.500. The van der Waals surface area contributed by atoms with Crippen LogP contribution in [0.1, 0.15) is 69.9 Å². The molecule has 2 saturated carbocycles. The summed E-state index contributed by atoms with van der Waals surface area (Å²) in [6, 6.07) is 11.1. The van der Waals surface area contributed by atoms with E-state index in [0.717, 1.165) is 48.0 Å². The van der Waals surface area contributed by atoms with Gasteiger partial charge in [-0.25, -0.2) is 4.99 Å². The number of H-pyrrole nitrogens is 1. The lowest BCUT2D eigenvalue weighted by atomic mass is 9.94. The molecule has 2 N–H and O–H groups in total. The highest BCUT2D eigenvalue weighted by Gasteiger charge is 2.33. The summed E-state index contributed by atoms with van der Waals surface area (Å²) in [4.78, 5) is 23.4. The van der Waals surface area contributed by atoms with E-state index in [0.29, 0.717) is 17.8 Å². The highest BCUT2D eigenvalue weighted by molar-refractivity contribution is 6.10. The molecule has 2 heterocycles. The van der Waals surface area contributed by atoms with Gasteiger partial charge in [0.05, 0.1) is 17.7 Å². The van der Waals surface area contributed by atoms with E-state index in [9.17, 15) is 4.79 Å². The molecule has 0 radical (unpaired) electrons. The molecule has 0 unspecified atom stereocenters. The molecule has 2 aliphatic carbocycles. The number of benzene rings is 1. The number of hydrogen-bond donors (Lipinski definition) is 2. The zero-order chi connectivity index (χ0) is 19.6. The van der Waals surface area contributed by atoms with Crippen LogP contribution in [0, 0.1) is 0 Å². The van der Waals surface area contributed by atoms with Gasteiger partial charge in [0.25, 0.3) is 5.91 Å². The Kier molecular flexibility index (Phi) is 5.13. The number of fused-ring (bicyclic) bond motifs is 1.